The molecule has 0 aromatic heterocycles. The van der Waals surface area contributed by atoms with Crippen LogP contribution in [0, 0.1) is 0 Å². The van der Waals surface area contributed by atoms with E-state index in [9.17, 15) is 0 Å². The molecule has 1 unspecified atom stereocenters. The van der Waals surface area contributed by atoms with Gasteiger partial charge in [-0.15, -0.1) is 24.0 Å². The molecule has 1 saturated heterocycles. The van der Waals surface area contributed by atoms with Gasteiger partial charge in [0.1, 0.15) is 0 Å². The summed E-state index contributed by atoms with van der Waals surface area (Å²) in [4.78, 5) is 9.73. The van der Waals surface area contributed by atoms with Crippen LogP contribution in [0.15, 0.2) is 35.3 Å². The lowest BCUT2D eigenvalue weighted by Gasteiger charge is -2.27. The van der Waals surface area contributed by atoms with E-state index in [1.54, 1.807) is 7.11 Å². The van der Waals surface area contributed by atoms with E-state index in [1.807, 2.05) is 0 Å². The van der Waals surface area contributed by atoms with Crippen molar-refractivity contribution in [1.29, 1.82) is 0 Å². The highest BCUT2D eigenvalue weighted by molar-refractivity contribution is 14.0. The minimum Gasteiger partial charge on any atom is -0.383 e. The predicted molar refractivity (Wildman–Crippen MR) is 129 cm³/mol. The number of nitrogens with one attached hydrogen (secondary N) is 2. The zero-order chi connectivity index (χ0) is 19.3. The molecule has 1 atom stereocenters. The molecule has 6 nitrogen and oxygen atoms in total. The first-order valence-corrected chi connectivity index (χ1v) is 10.2. The highest BCUT2D eigenvalue weighted by Gasteiger charge is 2.23. The standard InChI is InChI=1S/C21H37N5O.HI/c1-4-22-21(23-12-15-25(2)16-17-27-3)24-18-20(26-13-8-9-14-26)19-10-6-5-7-11-19;/h5-7,10-11,20H,4,8-9,12-18H2,1-3H3,(H2,22,23,24);1H. The third-order valence-corrected chi connectivity index (χ3v) is 5.00. The quantitative estimate of drug-likeness (QED) is 0.276. The molecule has 1 aromatic carbocycles. The summed E-state index contributed by atoms with van der Waals surface area (Å²) in [7, 11) is 3.86. The van der Waals surface area contributed by atoms with Gasteiger partial charge in [-0.25, -0.2) is 0 Å². The zero-order valence-corrected chi connectivity index (χ0v) is 20.0. The molecule has 160 valence electrons. The Morgan fingerprint density at radius 3 is 2.54 bits per heavy atom. The van der Waals surface area contributed by atoms with Crippen LogP contribution in [0.2, 0.25) is 0 Å². The van der Waals surface area contributed by atoms with Crippen LogP contribution in [0.3, 0.4) is 0 Å². The number of aliphatic imine (C=N–C) groups is 1. The van der Waals surface area contributed by atoms with Gasteiger partial charge >= 0.3 is 0 Å². The Labute approximate surface area is 188 Å². The van der Waals surface area contributed by atoms with E-state index >= 15 is 0 Å². The van der Waals surface area contributed by atoms with Crippen LogP contribution < -0.4 is 10.6 Å². The lowest BCUT2D eigenvalue weighted by Crippen LogP contribution is -2.42. The van der Waals surface area contributed by atoms with Gasteiger partial charge in [0.2, 0.25) is 0 Å². The van der Waals surface area contributed by atoms with Crippen molar-refractivity contribution < 1.29 is 4.74 Å². The molecule has 0 radical (unpaired) electrons. The van der Waals surface area contributed by atoms with Crippen LogP contribution in [0.4, 0.5) is 0 Å². The van der Waals surface area contributed by atoms with Crippen LogP contribution in [0.5, 0.6) is 0 Å². The number of rotatable bonds is 11. The molecule has 1 fully saturated rings. The summed E-state index contributed by atoms with van der Waals surface area (Å²) in [5, 5.41) is 6.84. The number of hydrogen-bond donors (Lipinski definition) is 2. The molecular weight excluding hydrogens is 465 g/mol. The first-order valence-electron chi connectivity index (χ1n) is 10.2. The molecule has 28 heavy (non-hydrogen) atoms. The number of likely N-dealkylation sites (tertiary alicyclic amines) is 1. The average molecular weight is 503 g/mol. The smallest absolute Gasteiger partial charge is 0.191 e. The largest absolute Gasteiger partial charge is 0.383 e. The van der Waals surface area contributed by atoms with E-state index in [2.05, 4.69) is 64.7 Å². The lowest BCUT2D eigenvalue weighted by molar-refractivity contribution is 0.162. The van der Waals surface area contributed by atoms with Crippen LogP contribution in [0.1, 0.15) is 31.4 Å². The van der Waals surface area contributed by atoms with Gasteiger partial charge in [-0.05, 0) is 45.5 Å². The Kier molecular flexibility index (Phi) is 13.5. The first-order chi connectivity index (χ1) is 13.2. The molecule has 2 N–H and O–H groups in total. The molecule has 1 aromatic rings. The zero-order valence-electron chi connectivity index (χ0n) is 17.7. The SMILES string of the molecule is CCNC(=NCC(c1ccccc1)N1CCCC1)NCCN(C)CCOC.I. The number of halogens is 1. The molecule has 1 heterocycles. The van der Waals surface area contributed by atoms with E-state index in [4.69, 9.17) is 9.73 Å². The van der Waals surface area contributed by atoms with Crippen molar-refractivity contribution >= 4 is 29.9 Å². The van der Waals surface area contributed by atoms with E-state index in [0.29, 0.717) is 6.04 Å². The number of nitrogens with zero attached hydrogens (tertiary/aromatic N) is 3. The van der Waals surface area contributed by atoms with Crippen molar-refractivity contribution in [3.63, 3.8) is 0 Å². The normalized spacial score (nSPS) is 16.1. The maximum atomic E-state index is 5.13. The highest BCUT2D eigenvalue weighted by atomic mass is 127. The molecular formula is C21H38IN5O. The Morgan fingerprint density at radius 1 is 1.18 bits per heavy atom. The van der Waals surface area contributed by atoms with E-state index in [1.165, 1.54) is 31.5 Å². The number of likely N-dealkylation sites (N-methyl/N-ethyl adjacent to an activating group) is 1. The monoisotopic (exact) mass is 503 g/mol. The fraction of sp³-hybridized carbons (Fsp3) is 0.667. The minimum absolute atomic E-state index is 0. The fourth-order valence-corrected chi connectivity index (χ4v) is 3.40. The molecule has 0 bridgehead atoms. The van der Waals surface area contributed by atoms with E-state index < -0.39 is 0 Å². The average Bonchev–Trinajstić information content (AvgIpc) is 3.22. The van der Waals surface area contributed by atoms with Crippen LogP contribution in [-0.2, 0) is 4.74 Å². The number of guanidine groups is 1. The number of benzene rings is 1. The Hall–Kier alpha value is -0.900. The third kappa shape index (κ3) is 9.07. The molecule has 7 heteroatoms. The van der Waals surface area contributed by atoms with E-state index in [0.717, 1.165) is 45.3 Å². The summed E-state index contributed by atoms with van der Waals surface area (Å²) in [6, 6.07) is 11.1. The maximum absolute atomic E-state index is 5.13. The minimum atomic E-state index is 0. The van der Waals surface area contributed by atoms with Crippen molar-refractivity contribution in [3.8, 4) is 0 Å². The third-order valence-electron chi connectivity index (χ3n) is 5.00. The van der Waals surface area contributed by atoms with Crippen molar-refractivity contribution in [2.75, 3.05) is 66.6 Å². The summed E-state index contributed by atoms with van der Waals surface area (Å²) in [5.41, 5.74) is 1.36. The predicted octanol–water partition coefficient (Wildman–Crippen LogP) is 2.57. The second-order valence-electron chi connectivity index (χ2n) is 7.11. The Bertz CT molecular complexity index is 537. The summed E-state index contributed by atoms with van der Waals surface area (Å²) in [6.07, 6.45) is 2.58. The van der Waals surface area contributed by atoms with E-state index in [-0.39, 0.29) is 24.0 Å². The molecule has 1 aliphatic heterocycles. The number of ether oxygens (including phenoxy) is 1. The van der Waals surface area contributed by atoms with Gasteiger partial charge in [-0.1, -0.05) is 30.3 Å². The molecule has 0 aliphatic carbocycles. The summed E-state index contributed by atoms with van der Waals surface area (Å²) in [5.74, 6) is 0.901. The second-order valence-corrected chi connectivity index (χ2v) is 7.11. The van der Waals surface area contributed by atoms with Gasteiger partial charge in [-0.2, -0.15) is 0 Å². The van der Waals surface area contributed by atoms with Gasteiger partial charge in [0, 0.05) is 33.3 Å². The number of hydrogen-bond acceptors (Lipinski definition) is 4. The first kappa shape index (κ1) is 25.1. The van der Waals surface area contributed by atoms with Crippen LogP contribution in [0.25, 0.3) is 0 Å². The lowest BCUT2D eigenvalue weighted by atomic mass is 10.1. The summed E-state index contributed by atoms with van der Waals surface area (Å²) < 4.78 is 5.13. The fourth-order valence-electron chi connectivity index (χ4n) is 3.40. The second kappa shape index (κ2) is 15.0. The van der Waals surface area contributed by atoms with Gasteiger partial charge in [0.25, 0.3) is 0 Å². The van der Waals surface area contributed by atoms with Crippen molar-refractivity contribution in [2.45, 2.75) is 25.8 Å². The molecule has 0 spiro atoms. The van der Waals surface area contributed by atoms with Crippen LogP contribution in [-0.4, -0.2) is 82.3 Å². The van der Waals surface area contributed by atoms with Crippen molar-refractivity contribution in [3.05, 3.63) is 35.9 Å². The summed E-state index contributed by atoms with van der Waals surface area (Å²) >= 11 is 0. The maximum Gasteiger partial charge on any atom is 0.191 e. The van der Waals surface area contributed by atoms with Crippen molar-refractivity contribution in [2.24, 2.45) is 4.99 Å². The van der Waals surface area contributed by atoms with Crippen molar-refractivity contribution in [1.82, 2.24) is 20.4 Å². The molecule has 0 amide bonds. The molecule has 2 rings (SSSR count). The van der Waals surface area contributed by atoms with Gasteiger partial charge in [0.05, 0.1) is 19.2 Å². The Balaban J connectivity index is 0.00000392. The summed E-state index contributed by atoms with van der Waals surface area (Å²) in [6.45, 7) is 9.62. The molecule has 1 aliphatic rings. The number of methoxy groups -OCH3 is 1. The highest BCUT2D eigenvalue weighted by Crippen LogP contribution is 2.25. The van der Waals surface area contributed by atoms with Crippen LogP contribution >= 0.6 is 24.0 Å². The molecule has 0 saturated carbocycles. The Morgan fingerprint density at radius 2 is 1.89 bits per heavy atom. The van der Waals surface area contributed by atoms with Gasteiger partial charge in [0.15, 0.2) is 5.96 Å². The van der Waals surface area contributed by atoms with Gasteiger partial charge < -0.3 is 20.3 Å². The topological polar surface area (TPSA) is 52.1 Å². The van der Waals surface area contributed by atoms with Gasteiger partial charge in [-0.3, -0.25) is 9.89 Å².